The predicted octanol–water partition coefficient (Wildman–Crippen LogP) is 7.89. The van der Waals surface area contributed by atoms with E-state index < -0.39 is 0 Å². The van der Waals surface area contributed by atoms with Crippen molar-refractivity contribution in [1.29, 1.82) is 0 Å². The number of rotatable bonds is 4. The fourth-order valence-corrected chi connectivity index (χ4v) is 5.66. The molecular weight excluding hydrogens is 382 g/mol. The Morgan fingerprint density at radius 2 is 1.50 bits per heavy atom. The summed E-state index contributed by atoms with van der Waals surface area (Å²) in [5.41, 5.74) is 6.37. The lowest BCUT2D eigenvalue weighted by Gasteiger charge is -2.31. The van der Waals surface area contributed by atoms with Crippen LogP contribution < -0.4 is 0 Å². The smallest absolute Gasteiger partial charge is 0.0776 e. The summed E-state index contributed by atoms with van der Waals surface area (Å²) in [5.74, 6) is 1.02. The van der Waals surface area contributed by atoms with E-state index in [2.05, 4.69) is 111 Å². The summed E-state index contributed by atoms with van der Waals surface area (Å²) in [4.78, 5) is 7.79. The summed E-state index contributed by atoms with van der Waals surface area (Å²) >= 11 is 1.89. The van der Waals surface area contributed by atoms with Crippen LogP contribution in [0.4, 0.5) is 5.69 Å². The van der Waals surface area contributed by atoms with Gasteiger partial charge in [-0.05, 0) is 34.8 Å². The normalized spacial score (nSPS) is 19.2. The van der Waals surface area contributed by atoms with Gasteiger partial charge in [0.2, 0.25) is 0 Å². The molecule has 3 aromatic rings. The first-order chi connectivity index (χ1) is 14.7. The lowest BCUT2D eigenvalue weighted by molar-refractivity contribution is 0.677. The number of hydrogen-bond acceptors (Lipinski definition) is 2. The van der Waals surface area contributed by atoms with Crippen LogP contribution in [-0.2, 0) is 0 Å². The fraction of sp³-hybridized carbons (Fsp3) is 0.179. The van der Waals surface area contributed by atoms with Crippen LogP contribution in [0.3, 0.4) is 0 Å². The molecule has 0 radical (unpaired) electrons. The van der Waals surface area contributed by atoms with Crippen molar-refractivity contribution < 1.29 is 0 Å². The summed E-state index contributed by atoms with van der Waals surface area (Å²) in [5, 5.41) is 0. The maximum absolute atomic E-state index is 5.21. The van der Waals surface area contributed by atoms with Crippen LogP contribution in [0.15, 0.2) is 112 Å². The molecule has 1 nitrogen and oxygen atoms in total. The molecule has 2 aliphatic rings. The lowest BCUT2D eigenvalue weighted by atomic mass is 9.82. The van der Waals surface area contributed by atoms with Gasteiger partial charge in [0.15, 0.2) is 0 Å². The van der Waals surface area contributed by atoms with E-state index in [1.165, 1.54) is 32.2 Å². The second kappa shape index (κ2) is 8.12. The maximum atomic E-state index is 5.21. The Hall–Kier alpha value is -2.84. The molecular formula is C28H25NS. The number of fused-ring (bicyclic) bond motifs is 2. The van der Waals surface area contributed by atoms with Gasteiger partial charge in [0.25, 0.3) is 0 Å². The first-order valence-corrected chi connectivity index (χ1v) is 11.4. The third-order valence-electron chi connectivity index (χ3n) is 6.24. The first-order valence-electron chi connectivity index (χ1n) is 10.6. The molecule has 0 bridgehead atoms. The van der Waals surface area contributed by atoms with Crippen LogP contribution in [0.5, 0.6) is 0 Å². The summed E-state index contributed by atoms with van der Waals surface area (Å²) in [6, 6.07) is 28.1. The van der Waals surface area contributed by atoms with E-state index in [4.69, 9.17) is 4.99 Å². The van der Waals surface area contributed by atoms with E-state index in [0.29, 0.717) is 17.8 Å². The Bertz CT molecular complexity index is 1140. The highest BCUT2D eigenvalue weighted by atomic mass is 32.2. The second-order valence-electron chi connectivity index (χ2n) is 8.07. The van der Waals surface area contributed by atoms with Crippen LogP contribution in [0.1, 0.15) is 42.4 Å². The van der Waals surface area contributed by atoms with Gasteiger partial charge < -0.3 is 0 Å². The van der Waals surface area contributed by atoms with E-state index in [1.807, 2.05) is 11.8 Å². The summed E-state index contributed by atoms with van der Waals surface area (Å²) in [6.07, 6.45) is 6.74. The molecule has 1 heterocycles. The van der Waals surface area contributed by atoms with Gasteiger partial charge in [-0.3, -0.25) is 4.99 Å². The minimum Gasteiger partial charge on any atom is -0.250 e. The number of hydrogen-bond donors (Lipinski definition) is 0. The monoisotopic (exact) mass is 407 g/mol. The molecule has 3 atom stereocenters. The van der Waals surface area contributed by atoms with E-state index >= 15 is 0 Å². The van der Waals surface area contributed by atoms with E-state index in [9.17, 15) is 0 Å². The van der Waals surface area contributed by atoms with Crippen LogP contribution in [0, 0.1) is 5.92 Å². The Kier molecular flexibility index (Phi) is 5.18. The van der Waals surface area contributed by atoms with Crippen LogP contribution in [0.25, 0.3) is 0 Å². The molecule has 3 aromatic carbocycles. The van der Waals surface area contributed by atoms with Crippen molar-refractivity contribution in [2.24, 2.45) is 10.9 Å². The van der Waals surface area contributed by atoms with Crippen LogP contribution in [-0.4, -0.2) is 5.71 Å². The molecule has 0 aromatic heterocycles. The van der Waals surface area contributed by atoms with Gasteiger partial charge in [0.1, 0.15) is 0 Å². The number of allylic oxidation sites excluding steroid dienone is 4. The van der Waals surface area contributed by atoms with Crippen molar-refractivity contribution in [2.45, 2.75) is 30.6 Å². The average Bonchev–Trinajstić information content (AvgIpc) is 2.82. The Morgan fingerprint density at radius 1 is 0.800 bits per heavy atom. The second-order valence-corrected chi connectivity index (χ2v) is 9.12. The first kappa shape index (κ1) is 19.1. The fourth-order valence-electron chi connectivity index (χ4n) is 4.43. The van der Waals surface area contributed by atoms with Crippen molar-refractivity contribution in [3.05, 3.63) is 119 Å². The zero-order valence-corrected chi connectivity index (χ0v) is 18.1. The highest BCUT2D eigenvalue weighted by Crippen LogP contribution is 2.48. The van der Waals surface area contributed by atoms with Gasteiger partial charge in [-0.15, -0.1) is 0 Å². The third kappa shape index (κ3) is 3.46. The third-order valence-corrected chi connectivity index (χ3v) is 7.46. The minimum atomic E-state index is 0.295. The predicted molar refractivity (Wildman–Crippen MR) is 129 cm³/mol. The molecule has 1 aliphatic carbocycles. The Balaban J connectivity index is 1.54. The molecule has 0 N–H and O–H groups in total. The van der Waals surface area contributed by atoms with E-state index in [1.54, 1.807) is 0 Å². The molecule has 5 rings (SSSR count). The summed E-state index contributed by atoms with van der Waals surface area (Å²) < 4.78 is 0. The van der Waals surface area contributed by atoms with Gasteiger partial charge in [-0.25, -0.2) is 0 Å². The molecule has 0 amide bonds. The molecule has 0 spiro atoms. The van der Waals surface area contributed by atoms with Crippen molar-refractivity contribution in [3.8, 4) is 0 Å². The molecule has 0 saturated carbocycles. The van der Waals surface area contributed by atoms with Crippen molar-refractivity contribution in [1.82, 2.24) is 0 Å². The van der Waals surface area contributed by atoms with Gasteiger partial charge in [0, 0.05) is 21.6 Å². The number of nitrogens with zero attached hydrogens (tertiary/aromatic N) is 1. The Labute approximate surface area is 183 Å². The molecule has 30 heavy (non-hydrogen) atoms. The topological polar surface area (TPSA) is 12.4 Å². The number of aliphatic imine (C=N–C) groups is 1. The van der Waals surface area contributed by atoms with E-state index in [0.717, 1.165) is 5.69 Å². The van der Waals surface area contributed by atoms with Gasteiger partial charge in [-0.1, -0.05) is 111 Å². The van der Waals surface area contributed by atoms with Crippen LogP contribution >= 0.6 is 11.8 Å². The highest BCUT2D eigenvalue weighted by molar-refractivity contribution is 8.04. The average molecular weight is 408 g/mol. The summed E-state index contributed by atoms with van der Waals surface area (Å²) in [6.45, 7) is 4.60. The van der Waals surface area contributed by atoms with Crippen molar-refractivity contribution >= 4 is 23.2 Å². The van der Waals surface area contributed by atoms with Crippen LogP contribution in [0.2, 0.25) is 0 Å². The number of thioether (sulfide) groups is 1. The number of benzene rings is 3. The zero-order valence-electron chi connectivity index (χ0n) is 17.3. The van der Waals surface area contributed by atoms with Gasteiger partial charge >= 0.3 is 0 Å². The molecule has 0 fully saturated rings. The Morgan fingerprint density at radius 3 is 2.23 bits per heavy atom. The maximum Gasteiger partial charge on any atom is 0.0776 e. The van der Waals surface area contributed by atoms with Gasteiger partial charge in [-0.2, -0.15) is 0 Å². The van der Waals surface area contributed by atoms with Gasteiger partial charge in [0.05, 0.1) is 11.4 Å². The molecule has 148 valence electrons. The van der Waals surface area contributed by atoms with Crippen molar-refractivity contribution in [3.63, 3.8) is 0 Å². The molecule has 1 aliphatic heterocycles. The highest BCUT2D eigenvalue weighted by Gasteiger charge is 2.31. The zero-order chi connectivity index (χ0) is 20.5. The van der Waals surface area contributed by atoms with E-state index in [-0.39, 0.29) is 0 Å². The standard InChI is InChI=1S/C28H25NS/c1-19(21-11-5-3-6-12-21)23-15-10-18-26-27(23)29-25-17-9-16-24(28(25)30-26)20(2)22-13-7-4-8-14-22/h3-20,23H,1-2H3. The summed E-state index contributed by atoms with van der Waals surface area (Å²) in [7, 11) is 0. The minimum absolute atomic E-state index is 0.295. The molecule has 2 heteroatoms. The molecule has 3 unspecified atom stereocenters. The van der Waals surface area contributed by atoms with Crippen molar-refractivity contribution in [2.75, 3.05) is 0 Å². The SMILES string of the molecule is CC(c1ccccc1)c1cccc2c1SC1=CC=CC(C(C)c3ccccc3)C1=N2. The molecule has 0 saturated heterocycles. The lowest BCUT2D eigenvalue weighted by Crippen LogP contribution is -2.23. The largest absolute Gasteiger partial charge is 0.250 e. The quantitative estimate of drug-likeness (QED) is 0.428.